The van der Waals surface area contributed by atoms with Crippen LogP contribution in [-0.2, 0) is 10.0 Å². The molecule has 4 nitrogen and oxygen atoms in total. The van der Waals surface area contributed by atoms with Gasteiger partial charge in [-0.1, -0.05) is 25.5 Å². The van der Waals surface area contributed by atoms with Gasteiger partial charge in [0, 0.05) is 29.4 Å². The van der Waals surface area contributed by atoms with Crippen LogP contribution in [0.1, 0.15) is 26.2 Å². The molecule has 1 aromatic carbocycles. The molecule has 6 heteroatoms. The molecule has 1 heterocycles. The topological polar surface area (TPSA) is 63.4 Å². The Morgan fingerprint density at radius 3 is 2.57 bits per heavy atom. The molecule has 21 heavy (non-hydrogen) atoms. The van der Waals surface area contributed by atoms with E-state index in [1.54, 1.807) is 4.31 Å². The molecule has 1 fully saturated rings. The number of sulfonamides is 1. The molecular weight excluding hydrogens is 304 g/mol. The molecular formula is C15H24N2O2S2. The number of anilines is 1. The summed E-state index contributed by atoms with van der Waals surface area (Å²) in [6, 6.07) is 7.57. The van der Waals surface area contributed by atoms with Crippen LogP contribution in [0.4, 0.5) is 5.69 Å². The summed E-state index contributed by atoms with van der Waals surface area (Å²) in [5.74, 6) is 1.42. The van der Waals surface area contributed by atoms with E-state index in [-0.39, 0.29) is 5.75 Å². The second-order valence-electron chi connectivity index (χ2n) is 5.45. The molecule has 1 aromatic rings. The molecule has 0 atom stereocenters. The molecule has 0 aromatic heterocycles. The van der Waals surface area contributed by atoms with Crippen LogP contribution in [0.5, 0.6) is 0 Å². The fourth-order valence-electron chi connectivity index (χ4n) is 2.59. The zero-order valence-electron chi connectivity index (χ0n) is 12.5. The van der Waals surface area contributed by atoms with Gasteiger partial charge in [0.15, 0.2) is 0 Å². The minimum Gasteiger partial charge on any atom is -0.398 e. The van der Waals surface area contributed by atoms with Gasteiger partial charge in [0.2, 0.25) is 10.0 Å². The van der Waals surface area contributed by atoms with Gasteiger partial charge in [0.05, 0.1) is 5.75 Å². The maximum atomic E-state index is 12.3. The molecule has 0 saturated carbocycles. The quantitative estimate of drug-likeness (QED) is 0.644. The SMILES string of the molecule is CCC1CCN(S(=O)(=O)CCSc2ccccc2N)CC1. The smallest absolute Gasteiger partial charge is 0.214 e. The van der Waals surface area contributed by atoms with Crippen molar-refractivity contribution in [1.82, 2.24) is 4.31 Å². The van der Waals surface area contributed by atoms with Crippen LogP contribution in [0.3, 0.4) is 0 Å². The summed E-state index contributed by atoms with van der Waals surface area (Å²) in [6.07, 6.45) is 3.14. The van der Waals surface area contributed by atoms with E-state index in [2.05, 4.69) is 6.92 Å². The number of nitrogens with two attached hydrogens (primary N) is 1. The van der Waals surface area contributed by atoms with Crippen molar-refractivity contribution in [1.29, 1.82) is 0 Å². The van der Waals surface area contributed by atoms with Gasteiger partial charge in [-0.3, -0.25) is 0 Å². The molecule has 0 bridgehead atoms. The Morgan fingerprint density at radius 2 is 1.95 bits per heavy atom. The Kier molecular flexibility index (Phi) is 5.96. The number of benzene rings is 1. The predicted octanol–water partition coefficient (Wildman–Crippen LogP) is 2.81. The molecule has 2 rings (SSSR count). The summed E-state index contributed by atoms with van der Waals surface area (Å²) in [4.78, 5) is 0.956. The van der Waals surface area contributed by atoms with Gasteiger partial charge in [-0.2, -0.15) is 0 Å². The first kappa shape index (κ1) is 16.6. The Morgan fingerprint density at radius 1 is 1.29 bits per heavy atom. The number of para-hydroxylation sites is 1. The maximum Gasteiger partial charge on any atom is 0.214 e. The fourth-order valence-corrected chi connectivity index (χ4v) is 5.42. The molecule has 0 spiro atoms. The molecule has 1 saturated heterocycles. The van der Waals surface area contributed by atoms with Crippen molar-refractivity contribution in [2.45, 2.75) is 31.1 Å². The Bertz CT molecular complexity index is 553. The minimum absolute atomic E-state index is 0.183. The predicted molar refractivity (Wildman–Crippen MR) is 90.0 cm³/mol. The lowest BCUT2D eigenvalue weighted by Gasteiger charge is -2.30. The van der Waals surface area contributed by atoms with E-state index in [9.17, 15) is 8.42 Å². The zero-order valence-corrected chi connectivity index (χ0v) is 14.1. The van der Waals surface area contributed by atoms with Crippen LogP contribution in [0.2, 0.25) is 0 Å². The first-order valence-electron chi connectivity index (χ1n) is 7.48. The van der Waals surface area contributed by atoms with Crippen molar-refractivity contribution < 1.29 is 8.42 Å². The summed E-state index contributed by atoms with van der Waals surface area (Å²) in [5.41, 5.74) is 6.57. The van der Waals surface area contributed by atoms with Crippen LogP contribution >= 0.6 is 11.8 Å². The molecule has 0 amide bonds. The first-order valence-corrected chi connectivity index (χ1v) is 10.1. The lowest BCUT2D eigenvalue weighted by Crippen LogP contribution is -2.40. The Hall–Kier alpha value is -0.720. The fraction of sp³-hybridized carbons (Fsp3) is 0.600. The standard InChI is InChI=1S/C15H24N2O2S2/c1-2-13-7-9-17(10-8-13)21(18,19)12-11-20-15-6-4-3-5-14(15)16/h3-6,13H,2,7-12,16H2,1H3. The number of piperidine rings is 1. The van der Waals surface area contributed by atoms with Gasteiger partial charge in [-0.15, -0.1) is 11.8 Å². The highest BCUT2D eigenvalue weighted by molar-refractivity contribution is 8.00. The number of thioether (sulfide) groups is 1. The highest BCUT2D eigenvalue weighted by Gasteiger charge is 2.26. The minimum atomic E-state index is -3.13. The normalized spacial score (nSPS) is 18.0. The monoisotopic (exact) mass is 328 g/mol. The first-order chi connectivity index (χ1) is 10.0. The third-order valence-electron chi connectivity index (χ3n) is 4.06. The van der Waals surface area contributed by atoms with Crippen LogP contribution in [0.25, 0.3) is 0 Å². The van der Waals surface area contributed by atoms with Crippen molar-refractivity contribution >= 4 is 27.5 Å². The van der Waals surface area contributed by atoms with Gasteiger partial charge >= 0.3 is 0 Å². The molecule has 2 N–H and O–H groups in total. The number of nitrogen functional groups attached to an aromatic ring is 1. The van der Waals surface area contributed by atoms with Gasteiger partial charge in [0.1, 0.15) is 0 Å². The van der Waals surface area contributed by atoms with E-state index in [4.69, 9.17) is 5.73 Å². The number of hydrogen-bond acceptors (Lipinski definition) is 4. The lowest BCUT2D eigenvalue weighted by molar-refractivity contribution is 0.269. The third kappa shape index (κ3) is 4.63. The maximum absolute atomic E-state index is 12.3. The third-order valence-corrected chi connectivity index (χ3v) is 7.28. The van der Waals surface area contributed by atoms with Crippen molar-refractivity contribution in [2.75, 3.05) is 30.3 Å². The van der Waals surface area contributed by atoms with E-state index in [1.807, 2.05) is 24.3 Å². The molecule has 0 radical (unpaired) electrons. The summed E-state index contributed by atoms with van der Waals surface area (Å²) >= 11 is 1.51. The van der Waals surface area contributed by atoms with Crippen molar-refractivity contribution in [3.8, 4) is 0 Å². The summed E-state index contributed by atoms with van der Waals surface area (Å²) in [7, 11) is -3.13. The summed E-state index contributed by atoms with van der Waals surface area (Å²) < 4.78 is 26.3. The van der Waals surface area contributed by atoms with E-state index < -0.39 is 10.0 Å². The second kappa shape index (κ2) is 7.51. The van der Waals surface area contributed by atoms with E-state index in [0.717, 1.165) is 24.2 Å². The van der Waals surface area contributed by atoms with Crippen molar-refractivity contribution in [3.05, 3.63) is 24.3 Å². The Labute approximate surface area is 132 Å². The van der Waals surface area contributed by atoms with E-state index >= 15 is 0 Å². The van der Waals surface area contributed by atoms with Crippen LogP contribution in [-0.4, -0.2) is 37.3 Å². The number of rotatable bonds is 6. The number of nitrogens with zero attached hydrogens (tertiary/aromatic N) is 1. The van der Waals surface area contributed by atoms with Gasteiger partial charge < -0.3 is 5.73 Å². The second-order valence-corrected chi connectivity index (χ2v) is 8.68. The molecule has 1 aliphatic heterocycles. The lowest BCUT2D eigenvalue weighted by atomic mass is 9.96. The molecule has 1 aliphatic rings. The van der Waals surface area contributed by atoms with Gasteiger partial charge in [-0.25, -0.2) is 12.7 Å². The van der Waals surface area contributed by atoms with E-state index in [1.165, 1.54) is 11.8 Å². The van der Waals surface area contributed by atoms with Gasteiger partial charge in [-0.05, 0) is 30.9 Å². The Balaban J connectivity index is 1.83. The van der Waals surface area contributed by atoms with Crippen LogP contribution < -0.4 is 5.73 Å². The highest BCUT2D eigenvalue weighted by atomic mass is 32.2. The van der Waals surface area contributed by atoms with Gasteiger partial charge in [0.25, 0.3) is 0 Å². The largest absolute Gasteiger partial charge is 0.398 e. The molecule has 0 unspecified atom stereocenters. The average molecular weight is 329 g/mol. The van der Waals surface area contributed by atoms with Crippen molar-refractivity contribution in [3.63, 3.8) is 0 Å². The zero-order chi connectivity index (χ0) is 15.3. The van der Waals surface area contributed by atoms with E-state index in [0.29, 0.717) is 30.4 Å². The number of hydrogen-bond donors (Lipinski definition) is 1. The van der Waals surface area contributed by atoms with Crippen LogP contribution in [0.15, 0.2) is 29.2 Å². The molecule has 118 valence electrons. The molecule has 0 aliphatic carbocycles. The summed E-state index contributed by atoms with van der Waals surface area (Å²) in [5, 5.41) is 0. The van der Waals surface area contributed by atoms with Crippen molar-refractivity contribution in [2.24, 2.45) is 5.92 Å². The average Bonchev–Trinajstić information content (AvgIpc) is 2.49. The highest BCUT2D eigenvalue weighted by Crippen LogP contribution is 2.26. The summed E-state index contributed by atoms with van der Waals surface area (Å²) in [6.45, 7) is 3.54. The van der Waals surface area contributed by atoms with Crippen LogP contribution in [0, 0.1) is 5.92 Å².